The molecule has 1 fully saturated rings. The molecule has 1 aliphatic rings. The summed E-state index contributed by atoms with van der Waals surface area (Å²) in [5, 5.41) is 2.79. The number of nitrogens with zero attached hydrogens (tertiary/aromatic N) is 1. The molecule has 0 bridgehead atoms. The summed E-state index contributed by atoms with van der Waals surface area (Å²) >= 11 is 0. The summed E-state index contributed by atoms with van der Waals surface area (Å²) in [5.41, 5.74) is 0. The van der Waals surface area contributed by atoms with E-state index in [-0.39, 0.29) is 17.8 Å². The lowest BCUT2D eigenvalue weighted by atomic mass is 10.1. The molecule has 0 saturated carbocycles. The van der Waals surface area contributed by atoms with Gasteiger partial charge in [0.25, 0.3) is 0 Å². The maximum absolute atomic E-state index is 11.2. The highest BCUT2D eigenvalue weighted by Gasteiger charge is 2.20. The number of carbonyl (C=O) groups is 2. The molecule has 1 rings (SSSR count). The fraction of sp³-hybridized carbons (Fsp3) is 0.800. The van der Waals surface area contributed by atoms with Crippen LogP contribution in [0.1, 0.15) is 13.3 Å². The molecule has 1 heterocycles. The molecule has 86 valence electrons. The van der Waals surface area contributed by atoms with Gasteiger partial charge in [-0.2, -0.15) is 0 Å². The summed E-state index contributed by atoms with van der Waals surface area (Å²) in [6, 6.07) is 0. The Labute approximate surface area is 89.8 Å². The molecular weight excluding hydrogens is 196 g/mol. The van der Waals surface area contributed by atoms with Crippen LogP contribution in [0.5, 0.6) is 0 Å². The van der Waals surface area contributed by atoms with Crippen LogP contribution in [0.3, 0.4) is 0 Å². The molecule has 5 nitrogen and oxygen atoms in total. The van der Waals surface area contributed by atoms with E-state index < -0.39 is 0 Å². The highest BCUT2D eigenvalue weighted by atomic mass is 16.5. The first-order valence-corrected chi connectivity index (χ1v) is 5.20. The Bertz CT molecular complexity index is 243. The minimum atomic E-state index is -0.223. The molecule has 5 heteroatoms. The number of methoxy groups -OCH3 is 1. The zero-order chi connectivity index (χ0) is 11.3. The first-order valence-electron chi connectivity index (χ1n) is 5.20. The predicted octanol–water partition coefficient (Wildman–Crippen LogP) is -0.383. The average Bonchev–Trinajstić information content (AvgIpc) is 2.41. The van der Waals surface area contributed by atoms with E-state index in [2.05, 4.69) is 10.1 Å². The monoisotopic (exact) mass is 214 g/mol. The van der Waals surface area contributed by atoms with Gasteiger partial charge in [-0.1, -0.05) is 6.92 Å². The van der Waals surface area contributed by atoms with Crippen molar-refractivity contribution in [1.82, 2.24) is 10.2 Å². The van der Waals surface area contributed by atoms with Gasteiger partial charge in [0.15, 0.2) is 0 Å². The Morgan fingerprint density at radius 1 is 1.67 bits per heavy atom. The first kappa shape index (κ1) is 12.0. The third-order valence-electron chi connectivity index (χ3n) is 2.48. The van der Waals surface area contributed by atoms with Gasteiger partial charge in [0, 0.05) is 19.6 Å². The van der Waals surface area contributed by atoms with E-state index in [0.717, 1.165) is 19.5 Å². The Morgan fingerprint density at radius 3 is 3.07 bits per heavy atom. The maximum atomic E-state index is 11.2. The Balaban J connectivity index is 2.42. The fourth-order valence-electron chi connectivity index (χ4n) is 1.69. The van der Waals surface area contributed by atoms with Crippen LogP contribution in [0.4, 0.5) is 0 Å². The zero-order valence-electron chi connectivity index (χ0n) is 9.28. The Hall–Kier alpha value is -1.10. The van der Waals surface area contributed by atoms with Crippen LogP contribution in [-0.2, 0) is 14.3 Å². The van der Waals surface area contributed by atoms with E-state index in [4.69, 9.17) is 0 Å². The average molecular weight is 214 g/mol. The fourth-order valence-corrected chi connectivity index (χ4v) is 1.69. The van der Waals surface area contributed by atoms with Crippen LogP contribution in [-0.4, -0.2) is 50.1 Å². The zero-order valence-corrected chi connectivity index (χ0v) is 9.28. The molecule has 0 aromatic carbocycles. The van der Waals surface area contributed by atoms with E-state index in [1.54, 1.807) is 0 Å². The number of rotatable bonds is 3. The third kappa shape index (κ3) is 3.87. The summed E-state index contributed by atoms with van der Waals surface area (Å²) in [5.74, 6) is -0.370. The van der Waals surface area contributed by atoms with E-state index in [0.29, 0.717) is 13.1 Å². The van der Waals surface area contributed by atoms with Gasteiger partial charge in [-0.15, -0.1) is 0 Å². The van der Waals surface area contributed by atoms with Gasteiger partial charge < -0.3 is 10.1 Å². The molecule has 0 aliphatic carbocycles. The van der Waals surface area contributed by atoms with Crippen molar-refractivity contribution in [3.8, 4) is 0 Å². The smallest absolute Gasteiger partial charge is 0.309 e. The van der Waals surface area contributed by atoms with Gasteiger partial charge in [0.1, 0.15) is 0 Å². The molecule has 0 radical (unpaired) electrons. The van der Waals surface area contributed by atoms with Crippen molar-refractivity contribution < 1.29 is 14.3 Å². The highest BCUT2D eigenvalue weighted by molar-refractivity contribution is 5.78. The Kier molecular flexibility index (Phi) is 4.55. The lowest BCUT2D eigenvalue weighted by Gasteiger charge is -2.21. The van der Waals surface area contributed by atoms with E-state index in [1.165, 1.54) is 7.11 Å². The lowest BCUT2D eigenvalue weighted by Crippen LogP contribution is -2.37. The second kappa shape index (κ2) is 5.70. The number of nitrogens with one attached hydrogen (secondary N) is 1. The van der Waals surface area contributed by atoms with Gasteiger partial charge in [0.2, 0.25) is 5.91 Å². The van der Waals surface area contributed by atoms with Crippen molar-refractivity contribution >= 4 is 11.9 Å². The summed E-state index contributed by atoms with van der Waals surface area (Å²) in [7, 11) is 1.38. The molecular formula is C10H18N2O3. The molecule has 0 aromatic heterocycles. The number of carbonyl (C=O) groups excluding carboxylic acids is 2. The minimum Gasteiger partial charge on any atom is -0.469 e. The van der Waals surface area contributed by atoms with Crippen LogP contribution >= 0.6 is 0 Å². The van der Waals surface area contributed by atoms with Gasteiger partial charge in [-0.25, -0.2) is 0 Å². The quantitative estimate of drug-likeness (QED) is 0.650. The van der Waals surface area contributed by atoms with Crippen LogP contribution in [0.2, 0.25) is 0 Å². The second-order valence-corrected chi connectivity index (χ2v) is 3.86. The highest BCUT2D eigenvalue weighted by Crippen LogP contribution is 2.04. The van der Waals surface area contributed by atoms with Crippen LogP contribution in [0.15, 0.2) is 0 Å². The SMILES string of the molecule is COC(=O)C(C)CN1CCCNC(=O)C1. The summed E-state index contributed by atoms with van der Waals surface area (Å²) in [6.07, 6.45) is 0.930. The van der Waals surface area contributed by atoms with E-state index in [1.807, 2.05) is 11.8 Å². The van der Waals surface area contributed by atoms with Crippen LogP contribution < -0.4 is 5.32 Å². The summed E-state index contributed by atoms with van der Waals surface area (Å²) in [6.45, 7) is 4.35. The molecule has 1 amide bonds. The van der Waals surface area contributed by atoms with Crippen molar-refractivity contribution in [3.05, 3.63) is 0 Å². The van der Waals surface area contributed by atoms with Gasteiger partial charge >= 0.3 is 5.97 Å². The molecule has 0 aromatic rings. The molecule has 1 saturated heterocycles. The molecule has 1 unspecified atom stereocenters. The third-order valence-corrected chi connectivity index (χ3v) is 2.48. The molecule has 1 aliphatic heterocycles. The van der Waals surface area contributed by atoms with Crippen molar-refractivity contribution in [3.63, 3.8) is 0 Å². The molecule has 15 heavy (non-hydrogen) atoms. The van der Waals surface area contributed by atoms with Gasteiger partial charge in [0.05, 0.1) is 19.6 Å². The van der Waals surface area contributed by atoms with Crippen molar-refractivity contribution in [2.75, 3.05) is 33.3 Å². The minimum absolute atomic E-state index is 0.0320. The molecule has 0 spiro atoms. The first-order chi connectivity index (χ1) is 7.13. The van der Waals surface area contributed by atoms with Crippen LogP contribution in [0.25, 0.3) is 0 Å². The van der Waals surface area contributed by atoms with Crippen LogP contribution in [0, 0.1) is 5.92 Å². The number of esters is 1. The van der Waals surface area contributed by atoms with Gasteiger partial charge in [-0.05, 0) is 6.42 Å². The summed E-state index contributed by atoms with van der Waals surface area (Å²) in [4.78, 5) is 24.4. The largest absolute Gasteiger partial charge is 0.469 e. The maximum Gasteiger partial charge on any atom is 0.309 e. The lowest BCUT2D eigenvalue weighted by molar-refractivity contribution is -0.145. The normalized spacial score (nSPS) is 20.3. The molecule has 1 N–H and O–H groups in total. The standard InChI is InChI=1S/C10H18N2O3/c1-8(10(14)15-2)6-12-5-3-4-11-9(13)7-12/h8H,3-7H2,1-2H3,(H,11,13). The van der Waals surface area contributed by atoms with Crippen molar-refractivity contribution in [2.45, 2.75) is 13.3 Å². The van der Waals surface area contributed by atoms with E-state index in [9.17, 15) is 9.59 Å². The number of ether oxygens (including phenoxy) is 1. The number of hydrogen-bond donors (Lipinski definition) is 1. The Morgan fingerprint density at radius 2 is 2.40 bits per heavy atom. The van der Waals surface area contributed by atoms with Crippen molar-refractivity contribution in [2.24, 2.45) is 5.92 Å². The van der Waals surface area contributed by atoms with E-state index >= 15 is 0 Å². The number of amides is 1. The number of hydrogen-bond acceptors (Lipinski definition) is 4. The van der Waals surface area contributed by atoms with Crippen molar-refractivity contribution in [1.29, 1.82) is 0 Å². The topological polar surface area (TPSA) is 58.6 Å². The second-order valence-electron chi connectivity index (χ2n) is 3.86. The van der Waals surface area contributed by atoms with Gasteiger partial charge in [-0.3, -0.25) is 14.5 Å². The molecule has 1 atom stereocenters. The summed E-state index contributed by atoms with van der Waals surface area (Å²) < 4.78 is 4.65. The predicted molar refractivity (Wildman–Crippen MR) is 55.2 cm³/mol.